The summed E-state index contributed by atoms with van der Waals surface area (Å²) >= 11 is 5.83. The third-order valence-corrected chi connectivity index (χ3v) is 6.03. The number of hydrogen-bond acceptors (Lipinski definition) is 4. The molecule has 0 aromatic carbocycles. The number of likely N-dealkylation sites (tertiary alicyclic amines) is 1. The molecule has 1 aromatic rings. The van der Waals surface area contributed by atoms with Crippen molar-refractivity contribution in [3.8, 4) is 0 Å². The lowest BCUT2D eigenvalue weighted by Gasteiger charge is -2.34. The van der Waals surface area contributed by atoms with Crippen LogP contribution in [0.2, 0.25) is 5.02 Å². The fourth-order valence-corrected chi connectivity index (χ4v) is 4.19. The van der Waals surface area contributed by atoms with Crippen LogP contribution in [-0.2, 0) is 9.59 Å². The summed E-state index contributed by atoms with van der Waals surface area (Å²) in [5.41, 5.74) is 0. The Balaban J connectivity index is 0.00000210. The minimum Gasteiger partial charge on any atom is -0.342 e. The molecule has 9 heteroatoms. The Morgan fingerprint density at radius 2 is 2.00 bits per heavy atom. The predicted molar refractivity (Wildman–Crippen MR) is 121 cm³/mol. The molecule has 6 nitrogen and oxygen atoms in total. The molecule has 3 heterocycles. The Kier molecular flexibility index (Phi) is 11.3. The Bertz CT molecular complexity index is 654. The van der Waals surface area contributed by atoms with E-state index in [-0.39, 0.29) is 42.5 Å². The summed E-state index contributed by atoms with van der Waals surface area (Å²) in [6.45, 7) is 5.54. The topological polar surface area (TPSA) is 74.3 Å². The van der Waals surface area contributed by atoms with Crippen LogP contribution in [0.5, 0.6) is 0 Å². The number of piperidine rings is 2. The van der Waals surface area contributed by atoms with E-state index < -0.39 is 0 Å². The van der Waals surface area contributed by atoms with Gasteiger partial charge < -0.3 is 15.5 Å². The Hall–Kier alpha value is -1.08. The SMILES string of the molecule is CC(CC(=O)N1CCCC(C(=O)Nc2ccc(Cl)cn2)C1)C1CCNCC1.Cl.Cl. The zero-order valence-corrected chi connectivity index (χ0v) is 19.1. The number of pyridine rings is 1. The summed E-state index contributed by atoms with van der Waals surface area (Å²) in [4.78, 5) is 31.3. The molecule has 0 spiro atoms. The van der Waals surface area contributed by atoms with E-state index in [0.717, 1.165) is 45.3 Å². The van der Waals surface area contributed by atoms with Crippen LogP contribution in [0.25, 0.3) is 0 Å². The van der Waals surface area contributed by atoms with Crippen molar-refractivity contribution >= 4 is 54.0 Å². The van der Waals surface area contributed by atoms with Crippen LogP contribution in [0.15, 0.2) is 18.3 Å². The van der Waals surface area contributed by atoms with E-state index in [4.69, 9.17) is 11.6 Å². The second-order valence-corrected chi connectivity index (χ2v) is 8.24. The van der Waals surface area contributed by atoms with E-state index in [0.29, 0.717) is 35.6 Å². The molecule has 0 aliphatic carbocycles. The molecule has 2 aliphatic rings. The number of aromatic nitrogens is 1. The highest BCUT2D eigenvalue weighted by molar-refractivity contribution is 6.30. The number of nitrogens with zero attached hydrogens (tertiary/aromatic N) is 2. The molecule has 2 amide bonds. The van der Waals surface area contributed by atoms with Crippen LogP contribution in [0.4, 0.5) is 5.82 Å². The van der Waals surface area contributed by atoms with Crippen molar-refractivity contribution in [3.05, 3.63) is 23.4 Å². The molecular weight excluding hydrogens is 435 g/mol. The number of carbonyl (C=O) groups is 2. The summed E-state index contributed by atoms with van der Waals surface area (Å²) < 4.78 is 0. The normalized spacial score (nSPS) is 20.8. The van der Waals surface area contributed by atoms with Crippen LogP contribution in [0, 0.1) is 17.8 Å². The number of amides is 2. The number of nitrogens with one attached hydrogen (secondary N) is 2. The molecule has 0 bridgehead atoms. The molecule has 2 saturated heterocycles. The van der Waals surface area contributed by atoms with Crippen molar-refractivity contribution in [3.63, 3.8) is 0 Å². The van der Waals surface area contributed by atoms with E-state index in [9.17, 15) is 9.59 Å². The average molecular weight is 466 g/mol. The van der Waals surface area contributed by atoms with E-state index >= 15 is 0 Å². The lowest BCUT2D eigenvalue weighted by Crippen LogP contribution is -2.44. The highest BCUT2D eigenvalue weighted by Crippen LogP contribution is 2.26. The van der Waals surface area contributed by atoms with Gasteiger partial charge in [0.05, 0.1) is 10.9 Å². The number of carbonyl (C=O) groups excluding carboxylic acids is 2. The van der Waals surface area contributed by atoms with Crippen LogP contribution >= 0.6 is 36.4 Å². The summed E-state index contributed by atoms with van der Waals surface area (Å²) in [6, 6.07) is 3.38. The van der Waals surface area contributed by atoms with Crippen molar-refractivity contribution in [1.82, 2.24) is 15.2 Å². The minimum absolute atomic E-state index is 0. The van der Waals surface area contributed by atoms with Crippen molar-refractivity contribution in [2.75, 3.05) is 31.5 Å². The Labute approximate surface area is 190 Å². The lowest BCUT2D eigenvalue weighted by atomic mass is 9.83. The fourth-order valence-electron chi connectivity index (χ4n) is 4.08. The van der Waals surface area contributed by atoms with Gasteiger partial charge in [-0.05, 0) is 62.7 Å². The van der Waals surface area contributed by atoms with Gasteiger partial charge in [0.15, 0.2) is 0 Å². The van der Waals surface area contributed by atoms with Crippen LogP contribution in [0.3, 0.4) is 0 Å². The third kappa shape index (κ3) is 7.59. The maximum atomic E-state index is 12.8. The largest absolute Gasteiger partial charge is 0.342 e. The average Bonchev–Trinajstić information content (AvgIpc) is 2.70. The highest BCUT2D eigenvalue weighted by Gasteiger charge is 2.30. The van der Waals surface area contributed by atoms with Crippen molar-refractivity contribution in [2.45, 2.75) is 39.0 Å². The van der Waals surface area contributed by atoms with Gasteiger partial charge in [0, 0.05) is 25.7 Å². The first-order chi connectivity index (χ1) is 13.0. The summed E-state index contributed by atoms with van der Waals surface area (Å²) in [5.74, 6) is 1.43. The van der Waals surface area contributed by atoms with Gasteiger partial charge in [-0.3, -0.25) is 9.59 Å². The summed E-state index contributed by atoms with van der Waals surface area (Å²) in [6.07, 6.45) is 6.04. The summed E-state index contributed by atoms with van der Waals surface area (Å²) in [5, 5.41) is 6.75. The highest BCUT2D eigenvalue weighted by atomic mass is 35.5. The molecule has 29 heavy (non-hydrogen) atoms. The van der Waals surface area contributed by atoms with Gasteiger partial charge >= 0.3 is 0 Å². The van der Waals surface area contributed by atoms with Gasteiger partial charge in [-0.15, -0.1) is 24.8 Å². The second-order valence-electron chi connectivity index (χ2n) is 7.80. The first kappa shape index (κ1) is 26.0. The number of rotatable bonds is 5. The number of halogens is 3. The quantitative estimate of drug-likeness (QED) is 0.694. The van der Waals surface area contributed by atoms with Crippen LogP contribution in [-0.4, -0.2) is 47.9 Å². The minimum atomic E-state index is -0.186. The Morgan fingerprint density at radius 3 is 2.66 bits per heavy atom. The Morgan fingerprint density at radius 1 is 1.28 bits per heavy atom. The van der Waals surface area contributed by atoms with E-state index in [1.807, 2.05) is 4.90 Å². The first-order valence-corrected chi connectivity index (χ1v) is 10.3. The molecule has 0 saturated carbocycles. The van der Waals surface area contributed by atoms with Gasteiger partial charge in [0.2, 0.25) is 11.8 Å². The fraction of sp³-hybridized carbons (Fsp3) is 0.650. The maximum absolute atomic E-state index is 12.8. The standard InChI is InChI=1S/C20H29ClN4O2.2ClH/c1-14(15-6-8-22-9-7-15)11-19(26)25-10-2-3-16(13-25)20(27)24-18-5-4-17(21)12-23-18;;/h4-5,12,14-16,22H,2-3,6-11,13H2,1H3,(H,23,24,27);2*1H. The molecule has 2 unspecified atom stereocenters. The van der Waals surface area contributed by atoms with Gasteiger partial charge in [0.1, 0.15) is 5.82 Å². The van der Waals surface area contributed by atoms with Gasteiger partial charge in [-0.1, -0.05) is 18.5 Å². The number of hydrogen-bond donors (Lipinski definition) is 2. The van der Waals surface area contributed by atoms with Crippen LogP contribution < -0.4 is 10.6 Å². The molecule has 3 rings (SSSR count). The zero-order valence-electron chi connectivity index (χ0n) is 16.7. The molecular formula is C20H31Cl3N4O2. The monoisotopic (exact) mass is 464 g/mol. The van der Waals surface area contributed by atoms with E-state index in [2.05, 4.69) is 22.5 Å². The van der Waals surface area contributed by atoms with Crippen LogP contribution in [0.1, 0.15) is 39.0 Å². The van der Waals surface area contributed by atoms with Gasteiger partial charge in [-0.25, -0.2) is 4.98 Å². The molecule has 2 fully saturated rings. The summed E-state index contributed by atoms with van der Waals surface area (Å²) in [7, 11) is 0. The smallest absolute Gasteiger partial charge is 0.230 e. The van der Waals surface area contributed by atoms with E-state index in [1.165, 1.54) is 6.20 Å². The molecule has 1 aromatic heterocycles. The molecule has 2 atom stereocenters. The molecule has 164 valence electrons. The first-order valence-electron chi connectivity index (χ1n) is 9.94. The van der Waals surface area contributed by atoms with Crippen molar-refractivity contribution in [2.24, 2.45) is 17.8 Å². The molecule has 2 N–H and O–H groups in total. The third-order valence-electron chi connectivity index (χ3n) is 5.81. The van der Waals surface area contributed by atoms with Gasteiger partial charge in [-0.2, -0.15) is 0 Å². The second kappa shape index (κ2) is 12.6. The lowest BCUT2D eigenvalue weighted by molar-refractivity contribution is -0.135. The predicted octanol–water partition coefficient (Wildman–Crippen LogP) is 3.78. The molecule has 0 radical (unpaired) electrons. The molecule has 2 aliphatic heterocycles. The van der Waals surface area contributed by atoms with Crippen molar-refractivity contribution in [1.29, 1.82) is 0 Å². The van der Waals surface area contributed by atoms with E-state index in [1.54, 1.807) is 12.1 Å². The number of anilines is 1. The van der Waals surface area contributed by atoms with Crippen molar-refractivity contribution < 1.29 is 9.59 Å². The maximum Gasteiger partial charge on any atom is 0.230 e. The van der Waals surface area contributed by atoms with Gasteiger partial charge in [0.25, 0.3) is 0 Å². The zero-order chi connectivity index (χ0) is 19.2.